The average molecular weight is 417 g/mol. The lowest BCUT2D eigenvalue weighted by Crippen LogP contribution is -2.45. The smallest absolute Gasteiger partial charge is 0.338 e. The molecule has 0 fully saturated rings. The average Bonchev–Trinajstić information content (AvgIpc) is 3.14. The molecule has 2 aromatic rings. The Labute approximate surface area is 172 Å². The van der Waals surface area contributed by atoms with Crippen molar-refractivity contribution in [3.05, 3.63) is 64.2 Å². The minimum absolute atomic E-state index is 0.128. The van der Waals surface area contributed by atoms with Crippen molar-refractivity contribution in [2.45, 2.75) is 13.0 Å². The first-order chi connectivity index (χ1) is 13.6. The van der Waals surface area contributed by atoms with Crippen molar-refractivity contribution < 1.29 is 19.0 Å². The van der Waals surface area contributed by atoms with Gasteiger partial charge in [-0.1, -0.05) is 41.9 Å². The van der Waals surface area contributed by atoms with Gasteiger partial charge in [0.05, 0.1) is 28.9 Å². The standard InChI is InChI=1S/C20H17ClN2O4S/c1-2-25-19(24)16-17(11-6-4-3-5-7-11)22-20(28)23-18(16)12-8-14-15(9-13(12)21)27-10-26-14/h3-9,18H,2,10H2,1H3,(H2,22,23,28). The lowest BCUT2D eigenvalue weighted by molar-refractivity contribution is -0.138. The van der Waals surface area contributed by atoms with Crippen molar-refractivity contribution in [3.63, 3.8) is 0 Å². The van der Waals surface area contributed by atoms with E-state index in [2.05, 4.69) is 10.6 Å². The van der Waals surface area contributed by atoms with Crippen LogP contribution in [0.15, 0.2) is 48.0 Å². The third kappa shape index (κ3) is 3.39. The fraction of sp³-hybridized carbons (Fsp3) is 0.200. The Kier molecular flexibility index (Phi) is 5.11. The van der Waals surface area contributed by atoms with Crippen LogP contribution < -0.4 is 20.1 Å². The Balaban J connectivity index is 1.89. The van der Waals surface area contributed by atoms with Gasteiger partial charge in [-0.05, 0) is 30.8 Å². The molecule has 2 heterocycles. The number of hydrogen-bond acceptors (Lipinski definition) is 5. The summed E-state index contributed by atoms with van der Waals surface area (Å²) in [5, 5.41) is 7.04. The molecule has 2 aliphatic rings. The van der Waals surface area contributed by atoms with E-state index >= 15 is 0 Å². The molecule has 144 valence electrons. The van der Waals surface area contributed by atoms with Crippen LogP contribution in [0, 0.1) is 0 Å². The van der Waals surface area contributed by atoms with E-state index in [0.717, 1.165) is 5.56 Å². The molecule has 4 rings (SSSR count). The van der Waals surface area contributed by atoms with Crippen LogP contribution in [-0.4, -0.2) is 24.5 Å². The van der Waals surface area contributed by atoms with Gasteiger partial charge in [0.15, 0.2) is 16.6 Å². The van der Waals surface area contributed by atoms with Crippen LogP contribution in [0.25, 0.3) is 5.70 Å². The number of fused-ring (bicyclic) bond motifs is 1. The van der Waals surface area contributed by atoms with Crippen LogP contribution in [0.5, 0.6) is 11.5 Å². The number of hydrogen-bond donors (Lipinski definition) is 2. The molecule has 0 saturated carbocycles. The summed E-state index contributed by atoms with van der Waals surface area (Å²) < 4.78 is 16.2. The predicted octanol–water partition coefficient (Wildman–Crippen LogP) is 3.56. The first-order valence-electron chi connectivity index (χ1n) is 8.71. The fourth-order valence-corrected chi connectivity index (χ4v) is 3.70. The number of carbonyl (C=O) groups is 1. The van der Waals surface area contributed by atoms with Crippen molar-refractivity contribution in [1.82, 2.24) is 10.6 Å². The quantitative estimate of drug-likeness (QED) is 0.583. The number of nitrogens with one attached hydrogen (secondary N) is 2. The van der Waals surface area contributed by atoms with Gasteiger partial charge >= 0.3 is 5.97 Å². The minimum atomic E-state index is -0.606. The summed E-state index contributed by atoms with van der Waals surface area (Å²) in [6.07, 6.45) is 0. The Morgan fingerprint density at radius 1 is 1.25 bits per heavy atom. The van der Waals surface area contributed by atoms with Crippen molar-refractivity contribution >= 4 is 40.6 Å². The third-order valence-corrected chi connectivity index (χ3v) is 4.98. The Morgan fingerprint density at radius 2 is 1.96 bits per heavy atom. The van der Waals surface area contributed by atoms with E-state index in [4.69, 9.17) is 38.0 Å². The largest absolute Gasteiger partial charge is 0.463 e. The predicted molar refractivity (Wildman–Crippen MR) is 109 cm³/mol. The molecule has 2 N–H and O–H groups in total. The van der Waals surface area contributed by atoms with E-state index < -0.39 is 12.0 Å². The molecule has 2 aromatic carbocycles. The first kappa shape index (κ1) is 18.6. The molecule has 0 bridgehead atoms. The summed E-state index contributed by atoms with van der Waals surface area (Å²) >= 11 is 11.9. The number of ether oxygens (including phenoxy) is 3. The van der Waals surface area contributed by atoms with Crippen molar-refractivity contribution in [3.8, 4) is 11.5 Å². The molecule has 6 nitrogen and oxygen atoms in total. The van der Waals surface area contributed by atoms with E-state index in [1.165, 1.54) is 0 Å². The van der Waals surface area contributed by atoms with Gasteiger partial charge < -0.3 is 24.8 Å². The summed E-state index contributed by atoms with van der Waals surface area (Å²) in [7, 11) is 0. The highest BCUT2D eigenvalue weighted by Crippen LogP contribution is 2.42. The van der Waals surface area contributed by atoms with E-state index in [1.54, 1.807) is 19.1 Å². The van der Waals surface area contributed by atoms with Crippen molar-refractivity contribution in [1.29, 1.82) is 0 Å². The maximum Gasteiger partial charge on any atom is 0.338 e. The second-order valence-corrected chi connectivity index (χ2v) is 6.95. The highest BCUT2D eigenvalue weighted by atomic mass is 35.5. The normalized spacial score (nSPS) is 17.8. The molecule has 0 aromatic heterocycles. The summed E-state index contributed by atoms with van der Waals surface area (Å²) in [4.78, 5) is 12.9. The molecule has 1 atom stereocenters. The van der Waals surface area contributed by atoms with Crippen molar-refractivity contribution in [2.24, 2.45) is 0 Å². The van der Waals surface area contributed by atoms with Crippen LogP contribution in [0.3, 0.4) is 0 Å². The number of benzene rings is 2. The molecule has 2 aliphatic heterocycles. The molecular formula is C20H17ClN2O4S. The monoisotopic (exact) mass is 416 g/mol. The molecule has 8 heteroatoms. The summed E-state index contributed by atoms with van der Waals surface area (Å²) in [6.45, 7) is 2.14. The van der Waals surface area contributed by atoms with Gasteiger partial charge in [-0.3, -0.25) is 0 Å². The highest BCUT2D eigenvalue weighted by molar-refractivity contribution is 7.80. The molecule has 0 spiro atoms. The van der Waals surface area contributed by atoms with Gasteiger partial charge in [-0.15, -0.1) is 0 Å². The number of thiocarbonyl (C=S) groups is 1. The van der Waals surface area contributed by atoms with Gasteiger partial charge in [-0.2, -0.15) is 0 Å². The van der Waals surface area contributed by atoms with Gasteiger partial charge in [-0.25, -0.2) is 4.79 Å². The maximum absolute atomic E-state index is 12.9. The van der Waals surface area contributed by atoms with E-state index in [0.29, 0.717) is 38.5 Å². The highest BCUT2D eigenvalue weighted by Gasteiger charge is 2.35. The van der Waals surface area contributed by atoms with Crippen LogP contribution >= 0.6 is 23.8 Å². The van der Waals surface area contributed by atoms with Crippen LogP contribution in [0.4, 0.5) is 0 Å². The van der Waals surface area contributed by atoms with Gasteiger partial charge in [0.25, 0.3) is 0 Å². The van der Waals surface area contributed by atoms with Gasteiger partial charge in [0, 0.05) is 11.6 Å². The molecule has 0 saturated heterocycles. The molecule has 1 unspecified atom stereocenters. The Bertz CT molecular complexity index is 978. The third-order valence-electron chi connectivity index (χ3n) is 4.43. The lowest BCUT2D eigenvalue weighted by atomic mass is 9.92. The van der Waals surface area contributed by atoms with Crippen LogP contribution in [0.1, 0.15) is 24.1 Å². The fourth-order valence-electron chi connectivity index (χ4n) is 3.21. The summed E-state index contributed by atoms with van der Waals surface area (Å²) in [5.74, 6) is 0.674. The van der Waals surface area contributed by atoms with Crippen LogP contribution in [-0.2, 0) is 9.53 Å². The molecule has 0 radical (unpaired) electrons. The van der Waals surface area contributed by atoms with E-state index in [9.17, 15) is 4.79 Å². The SMILES string of the molecule is CCOC(=O)C1=C(c2ccccc2)NC(=S)NC1c1cc2c(cc1Cl)OCO2. The molecular weight excluding hydrogens is 400 g/mol. The molecule has 0 aliphatic carbocycles. The molecule has 0 amide bonds. The topological polar surface area (TPSA) is 68.8 Å². The Morgan fingerprint density at radius 3 is 2.68 bits per heavy atom. The molecule has 28 heavy (non-hydrogen) atoms. The van der Waals surface area contributed by atoms with Crippen LogP contribution in [0.2, 0.25) is 5.02 Å². The minimum Gasteiger partial charge on any atom is -0.463 e. The summed E-state index contributed by atoms with van der Waals surface area (Å²) in [5.41, 5.74) is 2.44. The summed E-state index contributed by atoms with van der Waals surface area (Å²) in [6, 6.07) is 12.3. The number of carbonyl (C=O) groups excluding carboxylic acids is 1. The second kappa shape index (κ2) is 7.69. The zero-order chi connectivity index (χ0) is 19.7. The zero-order valence-electron chi connectivity index (χ0n) is 15.0. The number of rotatable bonds is 4. The number of esters is 1. The lowest BCUT2D eigenvalue weighted by Gasteiger charge is -2.31. The van der Waals surface area contributed by atoms with E-state index in [1.807, 2.05) is 30.3 Å². The second-order valence-electron chi connectivity index (χ2n) is 6.13. The Hall–Kier alpha value is -2.77. The van der Waals surface area contributed by atoms with Gasteiger partial charge in [0.1, 0.15) is 0 Å². The zero-order valence-corrected chi connectivity index (χ0v) is 16.5. The maximum atomic E-state index is 12.9. The van der Waals surface area contributed by atoms with Gasteiger partial charge in [0.2, 0.25) is 6.79 Å². The first-order valence-corrected chi connectivity index (χ1v) is 9.50. The van der Waals surface area contributed by atoms with E-state index in [-0.39, 0.29) is 13.4 Å². The van der Waals surface area contributed by atoms with Crippen molar-refractivity contribution in [2.75, 3.05) is 13.4 Å². The number of halogens is 1.